The van der Waals surface area contributed by atoms with Crippen molar-refractivity contribution in [1.29, 1.82) is 0 Å². The molecule has 1 amide bonds. The Morgan fingerprint density at radius 1 is 1.14 bits per heavy atom. The van der Waals surface area contributed by atoms with Gasteiger partial charge in [-0.15, -0.1) is 0 Å². The summed E-state index contributed by atoms with van der Waals surface area (Å²) in [6.07, 6.45) is 1.63. The first-order chi connectivity index (χ1) is 10.7. The van der Waals surface area contributed by atoms with Crippen LogP contribution in [0.3, 0.4) is 0 Å². The highest BCUT2D eigenvalue weighted by molar-refractivity contribution is 5.92. The van der Waals surface area contributed by atoms with Crippen LogP contribution >= 0.6 is 0 Å². The van der Waals surface area contributed by atoms with Gasteiger partial charge >= 0.3 is 5.97 Å². The van der Waals surface area contributed by atoms with E-state index in [2.05, 4.69) is 10.3 Å². The predicted molar refractivity (Wildman–Crippen MR) is 82.1 cm³/mol. The van der Waals surface area contributed by atoms with Crippen LogP contribution < -0.4 is 5.32 Å². The van der Waals surface area contributed by atoms with Crippen molar-refractivity contribution in [3.05, 3.63) is 66.0 Å². The summed E-state index contributed by atoms with van der Waals surface area (Å²) >= 11 is 0. The van der Waals surface area contributed by atoms with Crippen molar-refractivity contribution in [3.63, 3.8) is 0 Å². The molecule has 2 rings (SSSR count). The predicted octanol–water partition coefficient (Wildman–Crippen LogP) is 2.51. The van der Waals surface area contributed by atoms with Gasteiger partial charge in [0.25, 0.3) is 5.91 Å². The summed E-state index contributed by atoms with van der Waals surface area (Å²) in [6.45, 7) is 2.07. The average molecular weight is 298 g/mol. The summed E-state index contributed by atoms with van der Waals surface area (Å²) in [4.78, 5) is 28.0. The minimum Gasteiger partial charge on any atom is -0.466 e. The lowest BCUT2D eigenvalue weighted by molar-refractivity contribution is -0.143. The Balaban J connectivity index is 2.14. The number of aromatic nitrogens is 1. The Kier molecular flexibility index (Phi) is 5.65. The lowest BCUT2D eigenvalue weighted by Gasteiger charge is -2.18. The van der Waals surface area contributed by atoms with E-state index in [1.54, 1.807) is 31.3 Å². The first-order valence-corrected chi connectivity index (χ1v) is 7.13. The lowest BCUT2D eigenvalue weighted by atomic mass is 10.0. The fourth-order valence-corrected chi connectivity index (χ4v) is 2.05. The maximum atomic E-state index is 12.2. The number of pyridine rings is 1. The van der Waals surface area contributed by atoms with Gasteiger partial charge in [0.2, 0.25) is 0 Å². The number of nitrogens with one attached hydrogen (secondary N) is 1. The molecule has 0 saturated carbocycles. The van der Waals surface area contributed by atoms with E-state index in [0.717, 1.165) is 5.56 Å². The molecule has 0 fully saturated rings. The summed E-state index contributed by atoms with van der Waals surface area (Å²) in [5.41, 5.74) is 1.16. The zero-order chi connectivity index (χ0) is 15.8. The van der Waals surface area contributed by atoms with E-state index in [4.69, 9.17) is 4.74 Å². The molecule has 22 heavy (non-hydrogen) atoms. The van der Waals surface area contributed by atoms with Crippen LogP contribution in [0.5, 0.6) is 0 Å². The first kappa shape index (κ1) is 15.7. The van der Waals surface area contributed by atoms with Crippen LogP contribution in [-0.2, 0) is 9.53 Å². The number of hydrogen-bond donors (Lipinski definition) is 1. The monoisotopic (exact) mass is 298 g/mol. The molecule has 0 aliphatic carbocycles. The average Bonchev–Trinajstić information content (AvgIpc) is 2.56. The highest BCUT2D eigenvalue weighted by atomic mass is 16.5. The molecule has 1 aromatic heterocycles. The van der Waals surface area contributed by atoms with E-state index in [-0.39, 0.29) is 18.3 Å². The van der Waals surface area contributed by atoms with Crippen molar-refractivity contribution in [2.45, 2.75) is 19.4 Å². The highest BCUT2D eigenvalue weighted by Crippen LogP contribution is 2.17. The van der Waals surface area contributed by atoms with E-state index in [9.17, 15) is 9.59 Å². The number of esters is 1. The van der Waals surface area contributed by atoms with Crippen LogP contribution in [0.4, 0.5) is 0 Å². The largest absolute Gasteiger partial charge is 0.466 e. The third kappa shape index (κ3) is 4.41. The van der Waals surface area contributed by atoms with Gasteiger partial charge in [-0.05, 0) is 24.6 Å². The van der Waals surface area contributed by atoms with Gasteiger partial charge < -0.3 is 10.1 Å². The lowest BCUT2D eigenvalue weighted by Crippen LogP contribution is -2.31. The molecule has 1 heterocycles. The van der Waals surface area contributed by atoms with E-state index in [1.165, 1.54) is 0 Å². The molecule has 0 bridgehead atoms. The second-order valence-corrected chi connectivity index (χ2v) is 4.66. The summed E-state index contributed by atoms with van der Waals surface area (Å²) in [6, 6.07) is 14.0. The molecule has 0 aliphatic rings. The number of amides is 1. The standard InChI is InChI=1S/C17H18N2O3/c1-2-22-16(20)12-15(13-8-4-3-5-9-13)19-17(21)14-10-6-7-11-18-14/h3-11,15H,2,12H2,1H3,(H,19,21)/t15-/m0/s1. The van der Waals surface area contributed by atoms with E-state index in [0.29, 0.717) is 12.3 Å². The Bertz CT molecular complexity index is 614. The van der Waals surface area contributed by atoms with Crippen molar-refractivity contribution in [1.82, 2.24) is 10.3 Å². The number of nitrogens with zero attached hydrogens (tertiary/aromatic N) is 1. The zero-order valence-corrected chi connectivity index (χ0v) is 12.4. The van der Waals surface area contributed by atoms with Crippen LogP contribution in [0.25, 0.3) is 0 Å². The van der Waals surface area contributed by atoms with E-state index >= 15 is 0 Å². The molecule has 1 atom stereocenters. The van der Waals surface area contributed by atoms with Crippen LogP contribution in [0, 0.1) is 0 Å². The van der Waals surface area contributed by atoms with Gasteiger partial charge in [0.1, 0.15) is 5.69 Å². The fraction of sp³-hybridized carbons (Fsp3) is 0.235. The fourth-order valence-electron chi connectivity index (χ4n) is 2.05. The molecule has 5 nitrogen and oxygen atoms in total. The first-order valence-electron chi connectivity index (χ1n) is 7.13. The smallest absolute Gasteiger partial charge is 0.308 e. The van der Waals surface area contributed by atoms with Crippen LogP contribution in [-0.4, -0.2) is 23.5 Å². The van der Waals surface area contributed by atoms with Gasteiger partial charge in [0, 0.05) is 6.20 Å². The topological polar surface area (TPSA) is 68.3 Å². The molecule has 0 saturated heterocycles. The number of hydrogen-bond acceptors (Lipinski definition) is 4. The number of ether oxygens (including phenoxy) is 1. The zero-order valence-electron chi connectivity index (χ0n) is 12.4. The van der Waals surface area contributed by atoms with Gasteiger partial charge in [-0.3, -0.25) is 14.6 Å². The van der Waals surface area contributed by atoms with Crippen LogP contribution in [0.15, 0.2) is 54.7 Å². The van der Waals surface area contributed by atoms with Gasteiger partial charge in [-0.2, -0.15) is 0 Å². The minimum absolute atomic E-state index is 0.0798. The molecule has 0 aliphatic heterocycles. The number of rotatable bonds is 6. The SMILES string of the molecule is CCOC(=O)C[C@H](NC(=O)c1ccccn1)c1ccccc1. The molecule has 0 radical (unpaired) electrons. The number of carbonyl (C=O) groups is 2. The normalized spacial score (nSPS) is 11.5. The molecule has 114 valence electrons. The van der Waals surface area contributed by atoms with Gasteiger partial charge in [-0.1, -0.05) is 36.4 Å². The quantitative estimate of drug-likeness (QED) is 0.832. The molecular formula is C17H18N2O3. The van der Waals surface area contributed by atoms with Gasteiger partial charge in [-0.25, -0.2) is 0 Å². The molecular weight excluding hydrogens is 280 g/mol. The highest BCUT2D eigenvalue weighted by Gasteiger charge is 2.20. The molecule has 0 spiro atoms. The van der Waals surface area contributed by atoms with Crippen LogP contribution in [0.2, 0.25) is 0 Å². The number of carbonyl (C=O) groups excluding carboxylic acids is 2. The second-order valence-electron chi connectivity index (χ2n) is 4.66. The summed E-state index contributed by atoms with van der Waals surface area (Å²) in [5.74, 6) is -0.670. The maximum Gasteiger partial charge on any atom is 0.308 e. The Morgan fingerprint density at radius 2 is 1.86 bits per heavy atom. The van der Waals surface area contributed by atoms with Crippen LogP contribution in [0.1, 0.15) is 35.4 Å². The second kappa shape index (κ2) is 7.93. The minimum atomic E-state index is -0.449. The maximum absolute atomic E-state index is 12.2. The Hall–Kier alpha value is -2.69. The third-order valence-electron chi connectivity index (χ3n) is 3.08. The summed E-state index contributed by atoms with van der Waals surface area (Å²) in [7, 11) is 0. The molecule has 5 heteroatoms. The summed E-state index contributed by atoms with van der Waals surface area (Å²) in [5, 5.41) is 2.84. The van der Waals surface area contributed by atoms with Gasteiger partial charge in [0.05, 0.1) is 19.1 Å². The van der Waals surface area contributed by atoms with Gasteiger partial charge in [0.15, 0.2) is 0 Å². The van der Waals surface area contributed by atoms with E-state index < -0.39 is 6.04 Å². The van der Waals surface area contributed by atoms with Crippen molar-refractivity contribution in [3.8, 4) is 0 Å². The molecule has 1 aromatic carbocycles. The van der Waals surface area contributed by atoms with E-state index in [1.807, 2.05) is 30.3 Å². The Labute approximate surface area is 129 Å². The van der Waals surface area contributed by atoms with Crippen molar-refractivity contribution >= 4 is 11.9 Å². The van der Waals surface area contributed by atoms with Crippen molar-refractivity contribution in [2.24, 2.45) is 0 Å². The number of benzene rings is 1. The van der Waals surface area contributed by atoms with Crippen molar-refractivity contribution < 1.29 is 14.3 Å². The molecule has 0 unspecified atom stereocenters. The molecule has 2 aromatic rings. The van der Waals surface area contributed by atoms with Crippen molar-refractivity contribution in [2.75, 3.05) is 6.61 Å². The Morgan fingerprint density at radius 3 is 2.50 bits per heavy atom. The molecule has 1 N–H and O–H groups in total. The summed E-state index contributed by atoms with van der Waals surface area (Å²) < 4.78 is 4.98. The third-order valence-corrected chi connectivity index (χ3v) is 3.08.